The third-order valence-electron chi connectivity index (χ3n) is 2.89. The number of aromatic amines is 1. The molecule has 5 heteroatoms. The number of nitrogens with zero attached hydrogens (tertiary/aromatic N) is 2. The standard InChI is InChI=1S/C11H17N3OS/c1-3-8-6-10(15)13-11(12-8)9-7-16-5-4-14(9)2/h6,9H,3-5,7H2,1-2H3,(H,12,13,15). The molecule has 1 fully saturated rings. The molecule has 1 aliphatic heterocycles. The molecule has 1 aromatic rings. The summed E-state index contributed by atoms with van der Waals surface area (Å²) >= 11 is 1.92. The molecule has 2 heterocycles. The summed E-state index contributed by atoms with van der Waals surface area (Å²) in [5.41, 5.74) is 0.841. The fourth-order valence-corrected chi connectivity index (χ4v) is 3.06. The Hall–Kier alpha value is -0.810. The van der Waals surface area contributed by atoms with E-state index in [-0.39, 0.29) is 11.6 Å². The van der Waals surface area contributed by atoms with Gasteiger partial charge in [0, 0.05) is 29.8 Å². The van der Waals surface area contributed by atoms with Crippen LogP contribution < -0.4 is 5.56 Å². The van der Waals surface area contributed by atoms with Crippen molar-refractivity contribution in [2.24, 2.45) is 0 Å². The van der Waals surface area contributed by atoms with Crippen molar-refractivity contribution in [3.8, 4) is 0 Å². The van der Waals surface area contributed by atoms with Crippen molar-refractivity contribution in [3.63, 3.8) is 0 Å². The number of thioether (sulfide) groups is 1. The average molecular weight is 239 g/mol. The Morgan fingerprint density at radius 2 is 2.50 bits per heavy atom. The summed E-state index contributed by atoms with van der Waals surface area (Å²) in [7, 11) is 2.09. The van der Waals surface area contributed by atoms with Gasteiger partial charge in [-0.25, -0.2) is 4.98 Å². The lowest BCUT2D eigenvalue weighted by Crippen LogP contribution is -2.35. The van der Waals surface area contributed by atoms with E-state index in [0.717, 1.165) is 36.0 Å². The normalized spacial score (nSPS) is 22.2. The van der Waals surface area contributed by atoms with E-state index in [9.17, 15) is 4.79 Å². The summed E-state index contributed by atoms with van der Waals surface area (Å²) in [5, 5.41) is 0. The van der Waals surface area contributed by atoms with E-state index in [1.807, 2.05) is 18.7 Å². The molecule has 4 nitrogen and oxygen atoms in total. The molecule has 1 unspecified atom stereocenters. The average Bonchev–Trinajstić information content (AvgIpc) is 2.28. The van der Waals surface area contributed by atoms with Gasteiger partial charge in [-0.3, -0.25) is 9.69 Å². The van der Waals surface area contributed by atoms with Gasteiger partial charge < -0.3 is 4.98 Å². The first-order valence-electron chi connectivity index (χ1n) is 5.59. The zero-order chi connectivity index (χ0) is 11.5. The van der Waals surface area contributed by atoms with Crippen LogP contribution in [0.5, 0.6) is 0 Å². The minimum atomic E-state index is -0.0363. The van der Waals surface area contributed by atoms with Crippen molar-refractivity contribution < 1.29 is 0 Å². The van der Waals surface area contributed by atoms with Crippen molar-refractivity contribution in [1.82, 2.24) is 14.9 Å². The Morgan fingerprint density at radius 3 is 3.19 bits per heavy atom. The van der Waals surface area contributed by atoms with Crippen molar-refractivity contribution >= 4 is 11.8 Å². The first-order valence-corrected chi connectivity index (χ1v) is 6.74. The second-order valence-electron chi connectivity index (χ2n) is 4.05. The van der Waals surface area contributed by atoms with E-state index in [4.69, 9.17) is 0 Å². The molecule has 0 aliphatic carbocycles. The second-order valence-corrected chi connectivity index (χ2v) is 5.20. The Morgan fingerprint density at radius 1 is 1.69 bits per heavy atom. The van der Waals surface area contributed by atoms with Crippen molar-refractivity contribution in [2.45, 2.75) is 19.4 Å². The molecule has 0 saturated carbocycles. The molecular weight excluding hydrogens is 222 g/mol. The lowest BCUT2D eigenvalue weighted by atomic mass is 10.2. The highest BCUT2D eigenvalue weighted by Gasteiger charge is 2.23. The third kappa shape index (κ3) is 2.47. The van der Waals surface area contributed by atoms with Gasteiger partial charge in [0.1, 0.15) is 5.82 Å². The van der Waals surface area contributed by atoms with Gasteiger partial charge in [-0.1, -0.05) is 6.92 Å². The number of hydrogen-bond donors (Lipinski definition) is 1. The first-order chi connectivity index (χ1) is 7.70. The molecule has 0 radical (unpaired) electrons. The van der Waals surface area contributed by atoms with E-state index in [1.165, 1.54) is 0 Å². The first kappa shape index (κ1) is 11.7. The quantitative estimate of drug-likeness (QED) is 0.838. The molecule has 1 atom stereocenters. The lowest BCUT2D eigenvalue weighted by Gasteiger charge is -2.31. The van der Waals surface area contributed by atoms with Crippen molar-refractivity contribution in [3.05, 3.63) is 27.9 Å². The SMILES string of the molecule is CCc1cc(=O)[nH]c(C2CSCCN2C)n1. The Labute approximate surface area is 99.5 Å². The maximum atomic E-state index is 11.5. The van der Waals surface area contributed by atoms with Crippen molar-refractivity contribution in [2.75, 3.05) is 25.1 Å². The number of rotatable bonds is 2. The Bertz CT molecular complexity index is 418. The number of aromatic nitrogens is 2. The van der Waals surface area contributed by atoms with Crippen molar-refractivity contribution in [1.29, 1.82) is 0 Å². The van der Waals surface area contributed by atoms with Gasteiger partial charge in [-0.15, -0.1) is 0 Å². The van der Waals surface area contributed by atoms with Crippen LogP contribution in [0.3, 0.4) is 0 Å². The second kappa shape index (κ2) is 5.01. The summed E-state index contributed by atoms with van der Waals surface area (Å²) in [6, 6.07) is 1.83. The Kier molecular flexibility index (Phi) is 3.66. The number of H-pyrrole nitrogens is 1. The summed E-state index contributed by atoms with van der Waals surface area (Å²) in [5.74, 6) is 2.98. The fraction of sp³-hybridized carbons (Fsp3) is 0.636. The minimum absolute atomic E-state index is 0.0363. The smallest absolute Gasteiger partial charge is 0.251 e. The van der Waals surface area contributed by atoms with Crippen LogP contribution in [0.1, 0.15) is 24.5 Å². The molecule has 0 bridgehead atoms. The zero-order valence-corrected chi connectivity index (χ0v) is 10.5. The molecular formula is C11H17N3OS. The topological polar surface area (TPSA) is 49.0 Å². The van der Waals surface area contributed by atoms with Gasteiger partial charge in [0.25, 0.3) is 5.56 Å². The molecule has 1 aliphatic rings. The zero-order valence-electron chi connectivity index (χ0n) is 9.69. The maximum Gasteiger partial charge on any atom is 0.251 e. The van der Waals surface area contributed by atoms with E-state index in [1.54, 1.807) is 6.07 Å². The van der Waals surface area contributed by atoms with Crippen LogP contribution in [0.4, 0.5) is 0 Å². The molecule has 1 saturated heterocycles. The summed E-state index contributed by atoms with van der Waals surface area (Å²) in [4.78, 5) is 21.1. The molecule has 0 amide bonds. The van der Waals surface area contributed by atoms with Gasteiger partial charge in [-0.2, -0.15) is 11.8 Å². The van der Waals surface area contributed by atoms with Crippen LogP contribution >= 0.6 is 11.8 Å². The minimum Gasteiger partial charge on any atom is -0.309 e. The van der Waals surface area contributed by atoms with Gasteiger partial charge in [0.2, 0.25) is 0 Å². The molecule has 2 rings (SSSR count). The highest BCUT2D eigenvalue weighted by molar-refractivity contribution is 7.99. The van der Waals surface area contributed by atoms with Gasteiger partial charge in [-0.05, 0) is 13.5 Å². The summed E-state index contributed by atoms with van der Waals surface area (Å²) < 4.78 is 0. The predicted molar refractivity (Wildman–Crippen MR) is 66.9 cm³/mol. The highest BCUT2D eigenvalue weighted by atomic mass is 32.2. The molecule has 88 valence electrons. The van der Waals surface area contributed by atoms with Gasteiger partial charge >= 0.3 is 0 Å². The van der Waals surface area contributed by atoms with Crippen LogP contribution in [0.15, 0.2) is 10.9 Å². The Balaban J connectivity index is 2.31. The van der Waals surface area contributed by atoms with E-state index >= 15 is 0 Å². The van der Waals surface area contributed by atoms with Crippen LogP contribution in [0, 0.1) is 0 Å². The maximum absolute atomic E-state index is 11.5. The molecule has 0 spiro atoms. The molecule has 16 heavy (non-hydrogen) atoms. The summed E-state index contributed by atoms with van der Waals surface area (Å²) in [6.45, 7) is 3.07. The van der Waals surface area contributed by atoms with Gasteiger partial charge in [0.15, 0.2) is 0 Å². The third-order valence-corrected chi connectivity index (χ3v) is 3.91. The largest absolute Gasteiger partial charge is 0.309 e. The monoisotopic (exact) mass is 239 g/mol. The van der Waals surface area contributed by atoms with Crippen LogP contribution in [-0.4, -0.2) is 40.0 Å². The van der Waals surface area contributed by atoms with E-state index in [0.29, 0.717) is 0 Å². The van der Waals surface area contributed by atoms with E-state index in [2.05, 4.69) is 21.9 Å². The summed E-state index contributed by atoms with van der Waals surface area (Å²) in [6.07, 6.45) is 0.806. The van der Waals surface area contributed by atoms with Crippen LogP contribution in [-0.2, 0) is 6.42 Å². The van der Waals surface area contributed by atoms with Crippen LogP contribution in [0.25, 0.3) is 0 Å². The molecule has 1 aromatic heterocycles. The number of hydrogen-bond acceptors (Lipinski definition) is 4. The molecule has 1 N–H and O–H groups in total. The highest BCUT2D eigenvalue weighted by Crippen LogP contribution is 2.25. The fourth-order valence-electron chi connectivity index (χ4n) is 1.84. The van der Waals surface area contributed by atoms with E-state index < -0.39 is 0 Å². The van der Waals surface area contributed by atoms with Gasteiger partial charge in [0.05, 0.1) is 6.04 Å². The predicted octanol–water partition coefficient (Wildman–Crippen LogP) is 1.05. The lowest BCUT2D eigenvalue weighted by molar-refractivity contribution is 0.263. The number of nitrogens with one attached hydrogen (secondary N) is 1. The number of aryl methyl sites for hydroxylation is 1. The van der Waals surface area contributed by atoms with Crippen LogP contribution in [0.2, 0.25) is 0 Å². The molecule has 0 aromatic carbocycles.